The first-order valence-electron chi connectivity index (χ1n) is 7.78. The number of halogens is 3. The Morgan fingerprint density at radius 3 is 2.16 bits per heavy atom. The van der Waals surface area contributed by atoms with E-state index in [4.69, 9.17) is 23.2 Å². The van der Waals surface area contributed by atoms with Crippen molar-refractivity contribution < 1.29 is 12.8 Å². The van der Waals surface area contributed by atoms with Crippen LogP contribution in [0.2, 0.25) is 10.0 Å². The van der Waals surface area contributed by atoms with Crippen LogP contribution in [-0.4, -0.2) is 43.8 Å². The first kappa shape index (κ1) is 18.6. The third kappa shape index (κ3) is 4.33. The van der Waals surface area contributed by atoms with Crippen molar-refractivity contribution in [3.8, 4) is 0 Å². The Hall–Kier alpha value is -1.18. The van der Waals surface area contributed by atoms with Gasteiger partial charge in [0.1, 0.15) is 5.82 Å². The number of sulfonamides is 1. The van der Waals surface area contributed by atoms with Crippen LogP contribution >= 0.6 is 23.2 Å². The molecule has 0 saturated carbocycles. The average molecular weight is 403 g/mol. The van der Waals surface area contributed by atoms with E-state index < -0.39 is 15.8 Å². The molecule has 1 saturated heterocycles. The van der Waals surface area contributed by atoms with E-state index in [2.05, 4.69) is 4.90 Å². The molecular weight excluding hydrogens is 386 g/mol. The van der Waals surface area contributed by atoms with E-state index in [1.165, 1.54) is 16.4 Å². The zero-order valence-corrected chi connectivity index (χ0v) is 15.7. The molecule has 0 amide bonds. The fourth-order valence-electron chi connectivity index (χ4n) is 2.78. The SMILES string of the molecule is O=S(=O)(c1ccc(F)cc1)N1CCN(Cc2ccc(Cl)c(Cl)c2)CC1. The van der Waals surface area contributed by atoms with Crippen molar-refractivity contribution in [2.45, 2.75) is 11.4 Å². The minimum Gasteiger partial charge on any atom is -0.296 e. The second kappa shape index (κ2) is 7.60. The Morgan fingerprint density at radius 1 is 0.920 bits per heavy atom. The predicted octanol–water partition coefficient (Wildman–Crippen LogP) is 3.64. The molecule has 1 aliphatic heterocycles. The molecule has 0 atom stereocenters. The molecule has 0 radical (unpaired) electrons. The van der Waals surface area contributed by atoms with Gasteiger partial charge in [0.05, 0.1) is 14.9 Å². The zero-order chi connectivity index (χ0) is 18.0. The van der Waals surface area contributed by atoms with E-state index >= 15 is 0 Å². The first-order chi connectivity index (χ1) is 11.9. The molecule has 0 spiro atoms. The molecular formula is C17H17Cl2FN2O2S. The quantitative estimate of drug-likeness (QED) is 0.783. The third-order valence-corrected chi connectivity index (χ3v) is 6.82. The van der Waals surface area contributed by atoms with Crippen molar-refractivity contribution in [2.24, 2.45) is 0 Å². The van der Waals surface area contributed by atoms with Gasteiger partial charge in [-0.25, -0.2) is 12.8 Å². The molecule has 1 heterocycles. The summed E-state index contributed by atoms with van der Waals surface area (Å²) < 4.78 is 39.6. The summed E-state index contributed by atoms with van der Waals surface area (Å²) in [5.41, 5.74) is 1.03. The summed E-state index contributed by atoms with van der Waals surface area (Å²) in [6.45, 7) is 2.69. The van der Waals surface area contributed by atoms with E-state index in [-0.39, 0.29) is 4.90 Å². The van der Waals surface area contributed by atoms with Gasteiger partial charge in [0.15, 0.2) is 0 Å². The highest BCUT2D eigenvalue weighted by Gasteiger charge is 2.28. The summed E-state index contributed by atoms with van der Waals surface area (Å²) in [6, 6.07) is 10.4. The molecule has 0 bridgehead atoms. The largest absolute Gasteiger partial charge is 0.296 e. The first-order valence-corrected chi connectivity index (χ1v) is 9.98. The lowest BCUT2D eigenvalue weighted by Crippen LogP contribution is -2.48. The summed E-state index contributed by atoms with van der Waals surface area (Å²) in [4.78, 5) is 2.28. The summed E-state index contributed by atoms with van der Waals surface area (Å²) in [5, 5.41) is 1.03. The van der Waals surface area contributed by atoms with Crippen molar-refractivity contribution in [3.63, 3.8) is 0 Å². The standard InChI is InChI=1S/C17H17Cl2FN2O2S/c18-16-6-1-13(11-17(16)19)12-21-7-9-22(10-8-21)25(23,24)15-4-2-14(20)3-5-15/h1-6,11H,7-10,12H2. The average Bonchev–Trinajstić information content (AvgIpc) is 2.59. The van der Waals surface area contributed by atoms with Gasteiger partial charge in [0.25, 0.3) is 0 Å². The minimum absolute atomic E-state index is 0.117. The van der Waals surface area contributed by atoms with E-state index in [1.54, 1.807) is 6.07 Å². The van der Waals surface area contributed by atoms with Gasteiger partial charge in [0, 0.05) is 32.7 Å². The molecule has 25 heavy (non-hydrogen) atoms. The van der Waals surface area contributed by atoms with Crippen molar-refractivity contribution in [3.05, 3.63) is 63.9 Å². The maximum atomic E-state index is 13.0. The van der Waals surface area contributed by atoms with Gasteiger partial charge < -0.3 is 0 Å². The van der Waals surface area contributed by atoms with Crippen LogP contribution in [0.25, 0.3) is 0 Å². The van der Waals surface area contributed by atoms with E-state index in [0.29, 0.717) is 42.8 Å². The molecule has 1 fully saturated rings. The number of hydrogen-bond donors (Lipinski definition) is 0. The van der Waals surface area contributed by atoms with Crippen molar-refractivity contribution in [2.75, 3.05) is 26.2 Å². The normalized spacial score (nSPS) is 16.9. The lowest BCUT2D eigenvalue weighted by atomic mass is 10.2. The van der Waals surface area contributed by atoms with Crippen molar-refractivity contribution >= 4 is 33.2 Å². The van der Waals surface area contributed by atoms with Gasteiger partial charge in [-0.3, -0.25) is 4.90 Å². The number of nitrogens with zero attached hydrogens (tertiary/aromatic N) is 2. The van der Waals surface area contributed by atoms with Gasteiger partial charge in [-0.1, -0.05) is 29.3 Å². The molecule has 2 aromatic rings. The molecule has 0 aliphatic carbocycles. The highest BCUT2D eigenvalue weighted by molar-refractivity contribution is 7.89. The number of benzene rings is 2. The molecule has 8 heteroatoms. The fraction of sp³-hybridized carbons (Fsp3) is 0.294. The topological polar surface area (TPSA) is 40.6 Å². The summed E-state index contributed by atoms with van der Waals surface area (Å²) >= 11 is 11.9. The second-order valence-corrected chi connectivity index (χ2v) is 8.63. The number of piperazine rings is 1. The van der Waals surface area contributed by atoms with E-state index in [1.807, 2.05) is 12.1 Å². The van der Waals surface area contributed by atoms with E-state index in [0.717, 1.165) is 17.7 Å². The van der Waals surface area contributed by atoms with Crippen LogP contribution in [0.1, 0.15) is 5.56 Å². The third-order valence-electron chi connectivity index (χ3n) is 4.17. The van der Waals surface area contributed by atoms with Crippen LogP contribution < -0.4 is 0 Å². The molecule has 0 unspecified atom stereocenters. The smallest absolute Gasteiger partial charge is 0.243 e. The lowest BCUT2D eigenvalue weighted by molar-refractivity contribution is 0.181. The molecule has 2 aromatic carbocycles. The Labute approximate surface area is 156 Å². The molecule has 134 valence electrons. The molecule has 0 aromatic heterocycles. The fourth-order valence-corrected chi connectivity index (χ4v) is 4.52. The van der Waals surface area contributed by atoms with Gasteiger partial charge in [-0.15, -0.1) is 0 Å². The summed E-state index contributed by atoms with van der Waals surface area (Å²) in [6.07, 6.45) is 0. The molecule has 1 aliphatic rings. The summed E-state index contributed by atoms with van der Waals surface area (Å²) in [7, 11) is -3.59. The maximum absolute atomic E-state index is 13.0. The van der Waals surface area contributed by atoms with Crippen LogP contribution in [-0.2, 0) is 16.6 Å². The predicted molar refractivity (Wildman–Crippen MR) is 96.9 cm³/mol. The lowest BCUT2D eigenvalue weighted by Gasteiger charge is -2.34. The van der Waals surface area contributed by atoms with Crippen LogP contribution in [0.4, 0.5) is 4.39 Å². The highest BCUT2D eigenvalue weighted by Crippen LogP contribution is 2.24. The zero-order valence-electron chi connectivity index (χ0n) is 13.3. The number of rotatable bonds is 4. The van der Waals surface area contributed by atoms with Crippen molar-refractivity contribution in [1.82, 2.24) is 9.21 Å². The Kier molecular flexibility index (Phi) is 5.65. The van der Waals surface area contributed by atoms with Gasteiger partial charge >= 0.3 is 0 Å². The highest BCUT2D eigenvalue weighted by atomic mass is 35.5. The van der Waals surface area contributed by atoms with Crippen LogP contribution in [0, 0.1) is 5.82 Å². The van der Waals surface area contributed by atoms with Gasteiger partial charge in [0.2, 0.25) is 10.0 Å². The van der Waals surface area contributed by atoms with E-state index in [9.17, 15) is 12.8 Å². The van der Waals surface area contributed by atoms with Gasteiger partial charge in [-0.2, -0.15) is 4.31 Å². The second-order valence-electron chi connectivity index (χ2n) is 5.88. The molecule has 4 nitrogen and oxygen atoms in total. The monoisotopic (exact) mass is 402 g/mol. The van der Waals surface area contributed by atoms with Crippen LogP contribution in [0.5, 0.6) is 0 Å². The number of hydrogen-bond acceptors (Lipinski definition) is 3. The summed E-state index contributed by atoms with van der Waals surface area (Å²) in [5.74, 6) is -0.453. The Balaban J connectivity index is 1.63. The van der Waals surface area contributed by atoms with Crippen LogP contribution in [0.15, 0.2) is 47.4 Å². The van der Waals surface area contributed by atoms with Gasteiger partial charge in [-0.05, 0) is 42.0 Å². The Morgan fingerprint density at radius 2 is 1.56 bits per heavy atom. The molecule has 3 rings (SSSR count). The van der Waals surface area contributed by atoms with Crippen LogP contribution in [0.3, 0.4) is 0 Å². The van der Waals surface area contributed by atoms with Crippen molar-refractivity contribution in [1.29, 1.82) is 0 Å². The Bertz CT molecular complexity index is 851. The minimum atomic E-state index is -3.59. The molecule has 0 N–H and O–H groups in total. The maximum Gasteiger partial charge on any atom is 0.243 e.